The van der Waals surface area contributed by atoms with Crippen LogP contribution in [0.25, 0.3) is 0 Å². The Balaban J connectivity index is 2.99. The van der Waals surface area contributed by atoms with Crippen molar-refractivity contribution in [3.05, 3.63) is 23.8 Å². The van der Waals surface area contributed by atoms with Crippen molar-refractivity contribution in [2.45, 2.75) is 12.7 Å². The van der Waals surface area contributed by atoms with E-state index in [9.17, 15) is 18.7 Å². The number of benzene rings is 1. The van der Waals surface area contributed by atoms with E-state index in [0.29, 0.717) is 13.2 Å². The second kappa shape index (κ2) is 8.38. The summed E-state index contributed by atoms with van der Waals surface area (Å²) in [5.74, 6) is -1.26. The fourth-order valence-electron chi connectivity index (χ4n) is 1.71. The third kappa shape index (κ3) is 5.16. The van der Waals surface area contributed by atoms with Gasteiger partial charge < -0.3 is 19.3 Å². The minimum absolute atomic E-state index is 0.0973. The van der Waals surface area contributed by atoms with E-state index in [1.165, 1.54) is 32.4 Å². The van der Waals surface area contributed by atoms with Crippen molar-refractivity contribution in [2.75, 3.05) is 27.4 Å². The molecule has 0 saturated heterocycles. The molecule has 1 unspecified atom stereocenters. The quantitative estimate of drug-likeness (QED) is 0.676. The molecule has 6 nitrogen and oxygen atoms in total. The van der Waals surface area contributed by atoms with Crippen molar-refractivity contribution >= 4 is 5.97 Å². The van der Waals surface area contributed by atoms with Crippen molar-refractivity contribution in [2.24, 2.45) is 0 Å². The predicted octanol–water partition coefficient (Wildman–Crippen LogP) is 1.66. The average Bonchev–Trinajstić information content (AvgIpc) is 2.42. The van der Waals surface area contributed by atoms with E-state index >= 15 is 0 Å². The first-order valence-corrected chi connectivity index (χ1v) is 6.07. The molecule has 0 heterocycles. The highest BCUT2D eigenvalue weighted by atomic mass is 19.3. The first-order valence-electron chi connectivity index (χ1n) is 6.07. The molecule has 1 rings (SSSR count). The van der Waals surface area contributed by atoms with E-state index in [-0.39, 0.29) is 17.1 Å². The highest BCUT2D eigenvalue weighted by Crippen LogP contribution is 2.31. The van der Waals surface area contributed by atoms with Gasteiger partial charge in [0.25, 0.3) is 0 Å². The van der Waals surface area contributed by atoms with Crippen LogP contribution >= 0.6 is 0 Å². The summed E-state index contributed by atoms with van der Waals surface area (Å²) < 4.78 is 38.7. The Hall–Kier alpha value is -1.93. The van der Waals surface area contributed by atoms with Crippen LogP contribution in [-0.4, -0.2) is 45.1 Å². The molecule has 1 atom stereocenters. The second-order valence-corrected chi connectivity index (χ2v) is 4.01. The topological polar surface area (TPSA) is 77.0 Å². The van der Waals surface area contributed by atoms with E-state index in [0.717, 1.165) is 0 Å². The van der Waals surface area contributed by atoms with Crippen molar-refractivity contribution in [3.63, 3.8) is 0 Å². The van der Waals surface area contributed by atoms with Crippen molar-refractivity contribution in [1.29, 1.82) is 0 Å². The summed E-state index contributed by atoms with van der Waals surface area (Å²) in [6.45, 7) is -2.41. The molecule has 0 saturated carbocycles. The molecule has 0 spiro atoms. The number of carboxylic acids is 1. The molecule has 0 fully saturated rings. The number of ether oxygens (including phenoxy) is 3. The Bertz CT molecular complexity index is 470. The Morgan fingerprint density at radius 1 is 1.33 bits per heavy atom. The number of aliphatic carboxylic acids is 1. The molecule has 0 aliphatic carbocycles. The molecule has 1 aromatic rings. The van der Waals surface area contributed by atoms with Gasteiger partial charge in [0.05, 0.1) is 13.7 Å². The van der Waals surface area contributed by atoms with Gasteiger partial charge in [0.15, 0.2) is 11.5 Å². The van der Waals surface area contributed by atoms with Crippen LogP contribution in [-0.2, 0) is 9.53 Å². The van der Waals surface area contributed by atoms with Gasteiger partial charge in [-0.2, -0.15) is 8.78 Å². The van der Waals surface area contributed by atoms with E-state index in [1.807, 2.05) is 0 Å². The highest BCUT2D eigenvalue weighted by molar-refractivity contribution is 5.76. The smallest absolute Gasteiger partial charge is 0.387 e. The van der Waals surface area contributed by atoms with Gasteiger partial charge >= 0.3 is 12.6 Å². The Morgan fingerprint density at radius 2 is 2.05 bits per heavy atom. The minimum atomic E-state index is -3.03. The van der Waals surface area contributed by atoms with Crippen molar-refractivity contribution in [3.8, 4) is 11.5 Å². The lowest BCUT2D eigenvalue weighted by molar-refractivity contribution is -0.139. The fraction of sp³-hybridized carbons (Fsp3) is 0.462. The van der Waals surface area contributed by atoms with Crippen LogP contribution in [0.3, 0.4) is 0 Å². The molecule has 1 aromatic carbocycles. The number of halogens is 2. The lowest BCUT2D eigenvalue weighted by atomic mass is 10.1. The Kier molecular flexibility index (Phi) is 6.83. The molecule has 2 N–H and O–H groups in total. The first-order chi connectivity index (χ1) is 9.99. The monoisotopic (exact) mass is 305 g/mol. The number of methoxy groups -OCH3 is 2. The van der Waals surface area contributed by atoms with Gasteiger partial charge in [-0.3, -0.25) is 10.1 Å². The molecule has 0 aliphatic rings. The summed E-state index contributed by atoms with van der Waals surface area (Å²) in [5.41, 5.74) is 0.273. The molecule has 0 radical (unpaired) electrons. The molecule has 0 aromatic heterocycles. The molecule has 0 bridgehead atoms. The van der Waals surface area contributed by atoms with Gasteiger partial charge in [0.1, 0.15) is 6.04 Å². The van der Waals surface area contributed by atoms with Crippen LogP contribution in [0.15, 0.2) is 18.2 Å². The molecule has 0 amide bonds. The summed E-state index contributed by atoms with van der Waals surface area (Å²) in [7, 11) is 2.79. The molecular formula is C13H17F2NO5. The standard InChI is InChI=1S/C13H17F2NO5/c1-19-6-5-16-11(12(17)18)8-3-4-9(20-2)10(7-8)21-13(14)15/h3-4,7,11,13,16H,5-6H2,1-2H3,(H,17,18). The van der Waals surface area contributed by atoms with Gasteiger partial charge in [-0.25, -0.2) is 0 Å². The largest absolute Gasteiger partial charge is 0.493 e. The summed E-state index contributed by atoms with van der Waals surface area (Å²) in [4.78, 5) is 11.3. The molecular weight excluding hydrogens is 288 g/mol. The summed E-state index contributed by atoms with van der Waals surface area (Å²) in [6, 6.07) is 2.99. The molecule has 0 aliphatic heterocycles. The Morgan fingerprint density at radius 3 is 2.57 bits per heavy atom. The lowest BCUT2D eigenvalue weighted by Gasteiger charge is -2.17. The summed E-state index contributed by atoms with van der Waals surface area (Å²) in [6.07, 6.45) is 0. The minimum Gasteiger partial charge on any atom is -0.493 e. The number of nitrogens with one attached hydrogen (secondary N) is 1. The van der Waals surface area contributed by atoms with Crippen LogP contribution in [0.5, 0.6) is 11.5 Å². The Labute approximate surface area is 120 Å². The fourth-order valence-corrected chi connectivity index (χ4v) is 1.71. The SMILES string of the molecule is COCCNC(C(=O)O)c1ccc(OC)c(OC(F)F)c1. The number of hydrogen-bond donors (Lipinski definition) is 2. The number of hydrogen-bond acceptors (Lipinski definition) is 5. The van der Waals surface area contributed by atoms with Crippen LogP contribution in [0.2, 0.25) is 0 Å². The number of rotatable bonds is 9. The maximum atomic E-state index is 12.4. The van der Waals surface area contributed by atoms with Gasteiger partial charge in [-0.15, -0.1) is 0 Å². The molecule has 8 heteroatoms. The van der Waals surface area contributed by atoms with Crippen LogP contribution in [0, 0.1) is 0 Å². The lowest BCUT2D eigenvalue weighted by Crippen LogP contribution is -2.31. The zero-order valence-corrected chi connectivity index (χ0v) is 11.6. The maximum absolute atomic E-state index is 12.4. The van der Waals surface area contributed by atoms with E-state index in [1.54, 1.807) is 0 Å². The van der Waals surface area contributed by atoms with Crippen molar-refractivity contribution in [1.82, 2.24) is 5.32 Å². The first kappa shape index (κ1) is 17.1. The normalized spacial score (nSPS) is 12.2. The van der Waals surface area contributed by atoms with Crippen LogP contribution in [0.4, 0.5) is 8.78 Å². The zero-order valence-electron chi connectivity index (χ0n) is 11.6. The van der Waals surface area contributed by atoms with E-state index in [2.05, 4.69) is 10.1 Å². The van der Waals surface area contributed by atoms with Crippen LogP contribution in [0.1, 0.15) is 11.6 Å². The third-order valence-electron chi connectivity index (χ3n) is 2.64. The highest BCUT2D eigenvalue weighted by Gasteiger charge is 2.21. The van der Waals surface area contributed by atoms with Crippen molar-refractivity contribution < 1.29 is 32.9 Å². The van der Waals surface area contributed by atoms with Crippen LogP contribution < -0.4 is 14.8 Å². The van der Waals surface area contributed by atoms with E-state index in [4.69, 9.17) is 9.47 Å². The third-order valence-corrected chi connectivity index (χ3v) is 2.64. The summed E-state index contributed by atoms with van der Waals surface area (Å²) in [5, 5.41) is 11.9. The predicted molar refractivity (Wildman–Crippen MR) is 69.9 cm³/mol. The van der Waals surface area contributed by atoms with Gasteiger partial charge in [0, 0.05) is 13.7 Å². The second-order valence-electron chi connectivity index (χ2n) is 4.01. The number of carbonyl (C=O) groups is 1. The summed E-state index contributed by atoms with van der Waals surface area (Å²) >= 11 is 0. The van der Waals surface area contributed by atoms with E-state index < -0.39 is 18.6 Å². The molecule has 118 valence electrons. The van der Waals surface area contributed by atoms with Gasteiger partial charge in [0.2, 0.25) is 0 Å². The maximum Gasteiger partial charge on any atom is 0.387 e. The van der Waals surface area contributed by atoms with Gasteiger partial charge in [-0.1, -0.05) is 6.07 Å². The number of carboxylic acid groups (broad SMARTS) is 1. The van der Waals surface area contributed by atoms with Gasteiger partial charge in [-0.05, 0) is 17.7 Å². The molecule has 21 heavy (non-hydrogen) atoms. The number of alkyl halides is 2. The average molecular weight is 305 g/mol. The zero-order chi connectivity index (χ0) is 15.8.